The van der Waals surface area contributed by atoms with Crippen molar-refractivity contribution in [1.29, 1.82) is 0 Å². The lowest BCUT2D eigenvalue weighted by Gasteiger charge is -2.09. The first-order valence-electron chi connectivity index (χ1n) is 4.78. The number of aliphatic carboxylic acids is 1. The number of ether oxygens (including phenoxy) is 1. The molecule has 0 radical (unpaired) electrons. The van der Waals surface area contributed by atoms with Gasteiger partial charge in [0.1, 0.15) is 11.9 Å². The SMILES string of the molecule is C=CC(C)Oc1ccc(C=CC(=O)O)nc1. The van der Waals surface area contributed by atoms with E-state index in [0.29, 0.717) is 11.4 Å². The van der Waals surface area contributed by atoms with Crippen LogP contribution in [0.25, 0.3) is 6.08 Å². The van der Waals surface area contributed by atoms with E-state index in [2.05, 4.69) is 11.6 Å². The summed E-state index contributed by atoms with van der Waals surface area (Å²) in [6.45, 7) is 5.47. The quantitative estimate of drug-likeness (QED) is 0.608. The van der Waals surface area contributed by atoms with Crippen molar-refractivity contribution >= 4 is 12.0 Å². The molecule has 1 heterocycles. The lowest BCUT2D eigenvalue weighted by Crippen LogP contribution is -2.07. The van der Waals surface area contributed by atoms with Crippen LogP contribution in [0.2, 0.25) is 0 Å². The van der Waals surface area contributed by atoms with Crippen LogP contribution in [0.15, 0.2) is 37.1 Å². The molecule has 0 bridgehead atoms. The molecule has 16 heavy (non-hydrogen) atoms. The van der Waals surface area contributed by atoms with Gasteiger partial charge in [-0.3, -0.25) is 4.98 Å². The number of rotatable bonds is 5. The average Bonchev–Trinajstić information content (AvgIpc) is 2.28. The van der Waals surface area contributed by atoms with Crippen LogP contribution < -0.4 is 4.74 Å². The van der Waals surface area contributed by atoms with E-state index < -0.39 is 5.97 Å². The highest BCUT2D eigenvalue weighted by atomic mass is 16.5. The van der Waals surface area contributed by atoms with Crippen molar-refractivity contribution in [2.24, 2.45) is 0 Å². The molecule has 0 fully saturated rings. The van der Waals surface area contributed by atoms with Crippen LogP contribution in [0.5, 0.6) is 5.75 Å². The van der Waals surface area contributed by atoms with Crippen molar-refractivity contribution in [3.63, 3.8) is 0 Å². The van der Waals surface area contributed by atoms with Crippen LogP contribution in [0, 0.1) is 0 Å². The van der Waals surface area contributed by atoms with Gasteiger partial charge in [-0.2, -0.15) is 0 Å². The molecule has 1 N–H and O–H groups in total. The summed E-state index contributed by atoms with van der Waals surface area (Å²) in [5.74, 6) is -0.373. The smallest absolute Gasteiger partial charge is 0.328 e. The molecule has 0 saturated heterocycles. The summed E-state index contributed by atoms with van der Waals surface area (Å²) in [4.78, 5) is 14.3. The third-order valence-corrected chi connectivity index (χ3v) is 1.81. The Labute approximate surface area is 93.9 Å². The second kappa shape index (κ2) is 5.70. The van der Waals surface area contributed by atoms with Gasteiger partial charge in [0.15, 0.2) is 0 Å². The van der Waals surface area contributed by atoms with Crippen molar-refractivity contribution < 1.29 is 14.6 Å². The van der Waals surface area contributed by atoms with Crippen LogP contribution in [-0.2, 0) is 4.79 Å². The maximum absolute atomic E-state index is 10.3. The molecule has 84 valence electrons. The zero-order valence-corrected chi connectivity index (χ0v) is 8.96. The van der Waals surface area contributed by atoms with Gasteiger partial charge in [-0.25, -0.2) is 4.79 Å². The van der Waals surface area contributed by atoms with Crippen LogP contribution in [-0.4, -0.2) is 22.2 Å². The largest absolute Gasteiger partial charge is 0.485 e. The van der Waals surface area contributed by atoms with Crippen LogP contribution >= 0.6 is 0 Å². The number of nitrogens with zero attached hydrogens (tertiary/aromatic N) is 1. The molecule has 1 rings (SSSR count). The first kappa shape index (κ1) is 12.0. The Morgan fingerprint density at radius 3 is 2.88 bits per heavy atom. The third-order valence-electron chi connectivity index (χ3n) is 1.81. The van der Waals surface area contributed by atoms with Gasteiger partial charge >= 0.3 is 5.97 Å². The second-order valence-electron chi connectivity index (χ2n) is 3.15. The van der Waals surface area contributed by atoms with E-state index in [9.17, 15) is 4.79 Å². The van der Waals surface area contributed by atoms with Gasteiger partial charge in [0.05, 0.1) is 11.9 Å². The minimum absolute atomic E-state index is 0.0813. The van der Waals surface area contributed by atoms with E-state index in [-0.39, 0.29) is 6.10 Å². The fourth-order valence-corrected chi connectivity index (χ4v) is 0.979. The fraction of sp³-hybridized carbons (Fsp3) is 0.167. The molecule has 1 aromatic rings. The van der Waals surface area contributed by atoms with Crippen molar-refractivity contribution in [3.05, 3.63) is 42.8 Å². The Morgan fingerprint density at radius 1 is 1.62 bits per heavy atom. The van der Waals surface area contributed by atoms with Crippen molar-refractivity contribution in [3.8, 4) is 5.75 Å². The fourth-order valence-electron chi connectivity index (χ4n) is 0.979. The summed E-state index contributed by atoms with van der Waals surface area (Å²) in [6, 6.07) is 3.42. The molecule has 1 atom stereocenters. The van der Waals surface area contributed by atoms with Gasteiger partial charge in [0, 0.05) is 6.08 Å². The number of hydrogen-bond donors (Lipinski definition) is 1. The van der Waals surface area contributed by atoms with Crippen LogP contribution in [0.3, 0.4) is 0 Å². The van der Waals surface area contributed by atoms with Crippen molar-refractivity contribution in [2.45, 2.75) is 13.0 Å². The van der Waals surface area contributed by atoms with Gasteiger partial charge in [0.2, 0.25) is 0 Å². The summed E-state index contributed by atoms with van der Waals surface area (Å²) in [5.41, 5.74) is 0.570. The summed E-state index contributed by atoms with van der Waals surface area (Å²) in [5, 5.41) is 8.43. The number of pyridine rings is 1. The molecule has 1 unspecified atom stereocenters. The molecule has 0 aromatic carbocycles. The number of aromatic nitrogens is 1. The molecule has 0 aliphatic rings. The second-order valence-corrected chi connectivity index (χ2v) is 3.15. The summed E-state index contributed by atoms with van der Waals surface area (Å²) in [6.07, 6.45) is 5.60. The number of carboxylic acid groups (broad SMARTS) is 1. The van der Waals surface area contributed by atoms with Crippen molar-refractivity contribution in [1.82, 2.24) is 4.98 Å². The van der Waals surface area contributed by atoms with Gasteiger partial charge in [-0.1, -0.05) is 12.7 Å². The van der Waals surface area contributed by atoms with E-state index in [1.165, 1.54) is 6.08 Å². The monoisotopic (exact) mass is 219 g/mol. The van der Waals surface area contributed by atoms with Crippen LogP contribution in [0.1, 0.15) is 12.6 Å². The molecule has 4 nitrogen and oxygen atoms in total. The van der Waals surface area contributed by atoms with E-state index >= 15 is 0 Å². The highest BCUT2D eigenvalue weighted by Gasteiger charge is 1.99. The van der Waals surface area contributed by atoms with Crippen LogP contribution in [0.4, 0.5) is 0 Å². The van der Waals surface area contributed by atoms with Gasteiger partial charge in [0.25, 0.3) is 0 Å². The predicted octanol–water partition coefficient (Wildman–Crippen LogP) is 2.13. The maximum Gasteiger partial charge on any atom is 0.328 e. The minimum atomic E-state index is -0.998. The Bertz CT molecular complexity index is 395. The number of carboxylic acids is 1. The Hall–Kier alpha value is -2.10. The molecule has 1 aromatic heterocycles. The Morgan fingerprint density at radius 2 is 2.38 bits per heavy atom. The lowest BCUT2D eigenvalue weighted by atomic mass is 10.3. The molecule has 0 aliphatic heterocycles. The summed E-state index contributed by atoms with van der Waals surface area (Å²) >= 11 is 0. The Balaban J connectivity index is 2.67. The Kier molecular flexibility index (Phi) is 4.27. The molecule has 0 spiro atoms. The van der Waals surface area contributed by atoms with E-state index in [1.807, 2.05) is 6.92 Å². The zero-order valence-electron chi connectivity index (χ0n) is 8.96. The van der Waals surface area contributed by atoms with E-state index in [4.69, 9.17) is 9.84 Å². The molecule has 0 amide bonds. The average molecular weight is 219 g/mol. The highest BCUT2D eigenvalue weighted by molar-refractivity contribution is 5.84. The third kappa shape index (κ3) is 3.96. The molecular formula is C12H13NO3. The zero-order chi connectivity index (χ0) is 12.0. The molecule has 4 heteroatoms. The lowest BCUT2D eigenvalue weighted by molar-refractivity contribution is -0.131. The first-order valence-corrected chi connectivity index (χ1v) is 4.78. The molecule has 0 aliphatic carbocycles. The maximum atomic E-state index is 10.3. The number of carbonyl (C=O) groups is 1. The molecule has 0 saturated carbocycles. The predicted molar refractivity (Wildman–Crippen MR) is 61.2 cm³/mol. The topological polar surface area (TPSA) is 59.4 Å². The normalized spacial score (nSPS) is 12.3. The summed E-state index contributed by atoms with van der Waals surface area (Å²) < 4.78 is 5.42. The summed E-state index contributed by atoms with van der Waals surface area (Å²) in [7, 11) is 0. The standard InChI is InChI=1S/C12H13NO3/c1-3-9(2)16-11-6-4-10(13-8-11)5-7-12(14)15/h3-9H,1H2,2H3,(H,14,15). The van der Waals surface area contributed by atoms with Gasteiger partial charge in [-0.15, -0.1) is 0 Å². The minimum Gasteiger partial charge on any atom is -0.485 e. The highest BCUT2D eigenvalue weighted by Crippen LogP contribution is 2.12. The van der Waals surface area contributed by atoms with Gasteiger partial charge < -0.3 is 9.84 Å². The molecular weight excluding hydrogens is 206 g/mol. The number of hydrogen-bond acceptors (Lipinski definition) is 3. The van der Waals surface area contributed by atoms with E-state index in [0.717, 1.165) is 6.08 Å². The van der Waals surface area contributed by atoms with E-state index in [1.54, 1.807) is 24.4 Å². The van der Waals surface area contributed by atoms with Crippen molar-refractivity contribution in [2.75, 3.05) is 0 Å². The first-order chi connectivity index (χ1) is 7.61. The van der Waals surface area contributed by atoms with Gasteiger partial charge in [-0.05, 0) is 25.1 Å².